The van der Waals surface area contributed by atoms with E-state index in [9.17, 15) is 9.59 Å². The van der Waals surface area contributed by atoms with Gasteiger partial charge in [-0.15, -0.1) is 0 Å². The van der Waals surface area contributed by atoms with E-state index in [4.69, 9.17) is 4.74 Å². The summed E-state index contributed by atoms with van der Waals surface area (Å²) in [5, 5.41) is 0. The molecular formula is C11H14N2O3. The molecule has 0 spiro atoms. The van der Waals surface area contributed by atoms with Crippen LogP contribution < -0.4 is 0 Å². The average Bonchev–Trinajstić information content (AvgIpc) is 2.30. The lowest BCUT2D eigenvalue weighted by Gasteiger charge is -2.00. The van der Waals surface area contributed by atoms with E-state index in [2.05, 4.69) is 9.97 Å². The third-order valence-corrected chi connectivity index (χ3v) is 1.94. The van der Waals surface area contributed by atoms with Gasteiger partial charge in [0.2, 0.25) is 0 Å². The van der Waals surface area contributed by atoms with Gasteiger partial charge < -0.3 is 4.74 Å². The standard InChI is InChI=1S/C11H14N2O3/c1-2-16-6-3-9(14)7-11(15)10-8-12-4-5-13-10/h4-5,8H,2-3,6-7H2,1H3. The van der Waals surface area contributed by atoms with E-state index >= 15 is 0 Å². The van der Waals surface area contributed by atoms with Crippen LogP contribution in [0.5, 0.6) is 0 Å². The van der Waals surface area contributed by atoms with Crippen molar-refractivity contribution in [3.8, 4) is 0 Å². The first-order chi connectivity index (χ1) is 7.74. The molecule has 0 radical (unpaired) electrons. The first-order valence-corrected chi connectivity index (χ1v) is 5.12. The second-order valence-corrected chi connectivity index (χ2v) is 3.18. The van der Waals surface area contributed by atoms with Gasteiger partial charge in [0.15, 0.2) is 5.78 Å². The van der Waals surface area contributed by atoms with Crippen molar-refractivity contribution in [2.45, 2.75) is 19.8 Å². The zero-order valence-corrected chi connectivity index (χ0v) is 9.18. The van der Waals surface area contributed by atoms with Crippen LogP contribution in [0.1, 0.15) is 30.3 Å². The minimum Gasteiger partial charge on any atom is -0.381 e. The molecule has 0 aliphatic rings. The zero-order valence-electron chi connectivity index (χ0n) is 9.18. The number of ketones is 2. The molecule has 5 nitrogen and oxygen atoms in total. The number of hydrogen-bond acceptors (Lipinski definition) is 5. The normalized spacial score (nSPS) is 10.1. The van der Waals surface area contributed by atoms with Crippen molar-refractivity contribution in [2.75, 3.05) is 13.2 Å². The first-order valence-electron chi connectivity index (χ1n) is 5.12. The van der Waals surface area contributed by atoms with Crippen molar-refractivity contribution in [3.05, 3.63) is 24.3 Å². The molecule has 86 valence electrons. The highest BCUT2D eigenvalue weighted by Crippen LogP contribution is 2.00. The monoisotopic (exact) mass is 222 g/mol. The van der Waals surface area contributed by atoms with Crippen LogP contribution in [0.3, 0.4) is 0 Å². The summed E-state index contributed by atoms with van der Waals surface area (Å²) in [6.45, 7) is 2.80. The van der Waals surface area contributed by atoms with Crippen LogP contribution >= 0.6 is 0 Å². The zero-order chi connectivity index (χ0) is 11.8. The Kier molecular flexibility index (Phi) is 5.28. The summed E-state index contributed by atoms with van der Waals surface area (Å²) in [6.07, 6.45) is 4.40. The summed E-state index contributed by atoms with van der Waals surface area (Å²) < 4.78 is 5.03. The van der Waals surface area contributed by atoms with Gasteiger partial charge in [-0.3, -0.25) is 14.6 Å². The maximum Gasteiger partial charge on any atom is 0.190 e. The molecule has 0 amide bonds. The van der Waals surface area contributed by atoms with E-state index in [-0.39, 0.29) is 30.1 Å². The topological polar surface area (TPSA) is 69.2 Å². The highest BCUT2D eigenvalue weighted by Gasteiger charge is 2.12. The molecule has 0 aliphatic carbocycles. The summed E-state index contributed by atoms with van der Waals surface area (Å²) in [5.41, 5.74) is 0.229. The van der Waals surface area contributed by atoms with E-state index in [0.29, 0.717) is 13.2 Å². The molecule has 0 aromatic carbocycles. The second-order valence-electron chi connectivity index (χ2n) is 3.18. The third-order valence-electron chi connectivity index (χ3n) is 1.94. The summed E-state index contributed by atoms with van der Waals surface area (Å²) >= 11 is 0. The molecule has 0 unspecified atom stereocenters. The smallest absolute Gasteiger partial charge is 0.190 e. The fraction of sp³-hybridized carbons (Fsp3) is 0.455. The van der Waals surface area contributed by atoms with Gasteiger partial charge in [-0.05, 0) is 6.92 Å². The highest BCUT2D eigenvalue weighted by atomic mass is 16.5. The van der Waals surface area contributed by atoms with Crippen molar-refractivity contribution in [3.63, 3.8) is 0 Å². The van der Waals surface area contributed by atoms with Gasteiger partial charge in [0.1, 0.15) is 11.5 Å². The van der Waals surface area contributed by atoms with E-state index in [1.165, 1.54) is 18.6 Å². The molecule has 0 saturated heterocycles. The number of hydrogen-bond donors (Lipinski definition) is 0. The molecule has 1 rings (SSSR count). The first kappa shape index (κ1) is 12.4. The Balaban J connectivity index is 2.37. The number of carbonyl (C=O) groups is 2. The van der Waals surface area contributed by atoms with E-state index < -0.39 is 0 Å². The second kappa shape index (κ2) is 6.79. The molecule has 0 bridgehead atoms. The fourth-order valence-corrected chi connectivity index (χ4v) is 1.13. The summed E-state index contributed by atoms with van der Waals surface area (Å²) in [6, 6.07) is 0. The molecule has 0 aliphatic heterocycles. The number of nitrogens with zero attached hydrogens (tertiary/aromatic N) is 2. The largest absolute Gasteiger partial charge is 0.381 e. The fourth-order valence-electron chi connectivity index (χ4n) is 1.13. The van der Waals surface area contributed by atoms with E-state index in [0.717, 1.165) is 0 Å². The van der Waals surface area contributed by atoms with Gasteiger partial charge in [-0.1, -0.05) is 0 Å². The third kappa shape index (κ3) is 4.27. The van der Waals surface area contributed by atoms with Crippen LogP contribution in [0.2, 0.25) is 0 Å². The molecule has 1 heterocycles. The van der Waals surface area contributed by atoms with Gasteiger partial charge in [0.05, 0.1) is 19.2 Å². The van der Waals surface area contributed by atoms with Crippen LogP contribution in [0.25, 0.3) is 0 Å². The summed E-state index contributed by atoms with van der Waals surface area (Å²) in [7, 11) is 0. The summed E-state index contributed by atoms with van der Waals surface area (Å²) in [4.78, 5) is 30.5. The molecular weight excluding hydrogens is 208 g/mol. The lowest BCUT2D eigenvalue weighted by molar-refractivity contribution is -0.119. The van der Waals surface area contributed by atoms with Gasteiger partial charge in [0.25, 0.3) is 0 Å². The van der Waals surface area contributed by atoms with Crippen molar-refractivity contribution in [1.29, 1.82) is 0 Å². The minimum atomic E-state index is -0.297. The predicted octanol–water partition coefficient (Wildman–Crippen LogP) is 1.05. The van der Waals surface area contributed by atoms with Crippen molar-refractivity contribution >= 4 is 11.6 Å². The van der Waals surface area contributed by atoms with Crippen molar-refractivity contribution < 1.29 is 14.3 Å². The molecule has 0 fully saturated rings. The maximum absolute atomic E-state index is 11.5. The summed E-state index contributed by atoms with van der Waals surface area (Å²) in [5.74, 6) is -0.432. The van der Waals surface area contributed by atoms with Crippen LogP contribution in [-0.4, -0.2) is 34.7 Å². The van der Waals surface area contributed by atoms with Gasteiger partial charge in [-0.2, -0.15) is 0 Å². The Morgan fingerprint density at radius 1 is 1.38 bits per heavy atom. The number of rotatable bonds is 7. The lowest BCUT2D eigenvalue weighted by atomic mass is 10.1. The quantitative estimate of drug-likeness (QED) is 0.392. The Labute approximate surface area is 93.9 Å². The highest BCUT2D eigenvalue weighted by molar-refractivity contribution is 6.06. The molecule has 16 heavy (non-hydrogen) atoms. The Hall–Kier alpha value is -1.62. The SMILES string of the molecule is CCOCCC(=O)CC(=O)c1cnccn1. The molecule has 1 aromatic heterocycles. The number of aromatic nitrogens is 2. The van der Waals surface area contributed by atoms with Crippen LogP contribution in [0, 0.1) is 0 Å². The maximum atomic E-state index is 11.5. The average molecular weight is 222 g/mol. The van der Waals surface area contributed by atoms with Gasteiger partial charge in [-0.25, -0.2) is 4.98 Å². The molecule has 1 aromatic rings. The minimum absolute atomic E-state index is 0.133. The molecule has 0 atom stereocenters. The van der Waals surface area contributed by atoms with Crippen LogP contribution in [-0.2, 0) is 9.53 Å². The predicted molar refractivity (Wildman–Crippen MR) is 57.1 cm³/mol. The van der Waals surface area contributed by atoms with E-state index in [1.54, 1.807) is 0 Å². The number of ether oxygens (including phenoxy) is 1. The molecule has 0 saturated carbocycles. The molecule has 0 N–H and O–H groups in total. The number of carbonyl (C=O) groups excluding carboxylic acids is 2. The van der Waals surface area contributed by atoms with Crippen molar-refractivity contribution in [2.24, 2.45) is 0 Å². The van der Waals surface area contributed by atoms with Crippen molar-refractivity contribution in [1.82, 2.24) is 9.97 Å². The van der Waals surface area contributed by atoms with E-state index in [1.807, 2.05) is 6.92 Å². The Morgan fingerprint density at radius 2 is 2.19 bits per heavy atom. The Morgan fingerprint density at radius 3 is 2.81 bits per heavy atom. The van der Waals surface area contributed by atoms with Gasteiger partial charge in [0, 0.05) is 25.4 Å². The number of Topliss-reactive ketones (excluding diaryl/α,β-unsaturated/α-hetero) is 2. The van der Waals surface area contributed by atoms with Crippen LogP contribution in [0.15, 0.2) is 18.6 Å². The lowest BCUT2D eigenvalue weighted by Crippen LogP contribution is -2.12. The van der Waals surface area contributed by atoms with Crippen LogP contribution in [0.4, 0.5) is 0 Å². The molecule has 5 heteroatoms. The van der Waals surface area contributed by atoms with Gasteiger partial charge >= 0.3 is 0 Å². The Bertz CT molecular complexity index is 352.